The van der Waals surface area contributed by atoms with E-state index in [9.17, 15) is 14.3 Å². The minimum Gasteiger partial charge on any atom is -0.508 e. The summed E-state index contributed by atoms with van der Waals surface area (Å²) in [5.41, 5.74) is 0.999. The van der Waals surface area contributed by atoms with Gasteiger partial charge in [0.25, 0.3) is 0 Å². The highest BCUT2D eigenvalue weighted by atomic mass is 19.1. The molecule has 0 saturated carbocycles. The topological polar surface area (TPSA) is 58.6 Å². The number of phenols is 1. The Morgan fingerprint density at radius 3 is 2.73 bits per heavy atom. The lowest BCUT2D eigenvalue weighted by Crippen LogP contribution is -2.29. The molecule has 2 N–H and O–H groups in total. The summed E-state index contributed by atoms with van der Waals surface area (Å²) in [5.74, 6) is -0.188. The van der Waals surface area contributed by atoms with Gasteiger partial charge in [-0.3, -0.25) is 4.79 Å². The smallest absolute Gasteiger partial charge is 0.224 e. The van der Waals surface area contributed by atoms with E-state index < -0.39 is 11.9 Å². The van der Waals surface area contributed by atoms with Gasteiger partial charge in [-0.2, -0.15) is 0 Å². The molecule has 1 amide bonds. The number of amides is 1. The van der Waals surface area contributed by atoms with Gasteiger partial charge in [-0.25, -0.2) is 4.39 Å². The number of phenolic OH excluding ortho intramolecular Hbond substituents is 1. The normalized spacial score (nSPS) is 11.8. The molecule has 2 aromatic carbocycles. The van der Waals surface area contributed by atoms with Crippen molar-refractivity contribution in [2.45, 2.75) is 19.4 Å². The fourth-order valence-corrected chi connectivity index (χ4v) is 2.33. The molecule has 0 aromatic heterocycles. The first-order valence-corrected chi connectivity index (χ1v) is 6.91. The Kier molecular flexibility index (Phi) is 4.99. The molecule has 1 atom stereocenters. The Labute approximate surface area is 128 Å². The van der Waals surface area contributed by atoms with Crippen LogP contribution in [0, 0.1) is 5.82 Å². The van der Waals surface area contributed by atoms with Gasteiger partial charge in [-0.05, 0) is 36.8 Å². The zero-order chi connectivity index (χ0) is 16.1. The average molecular weight is 303 g/mol. The molecule has 0 unspecified atom stereocenters. The summed E-state index contributed by atoms with van der Waals surface area (Å²) in [4.78, 5) is 12.1. The zero-order valence-corrected chi connectivity index (χ0v) is 12.5. The van der Waals surface area contributed by atoms with Gasteiger partial charge in [0.15, 0.2) is 0 Å². The van der Waals surface area contributed by atoms with Crippen LogP contribution in [0.15, 0.2) is 42.5 Å². The van der Waals surface area contributed by atoms with Crippen LogP contribution in [0.4, 0.5) is 4.39 Å². The molecular weight excluding hydrogens is 285 g/mol. The van der Waals surface area contributed by atoms with Crippen LogP contribution in [0.5, 0.6) is 11.5 Å². The zero-order valence-electron chi connectivity index (χ0n) is 12.5. The van der Waals surface area contributed by atoms with Crippen molar-refractivity contribution in [2.24, 2.45) is 0 Å². The number of benzene rings is 2. The van der Waals surface area contributed by atoms with Crippen LogP contribution in [-0.4, -0.2) is 18.1 Å². The minimum absolute atomic E-state index is 0.106. The molecule has 2 aromatic rings. The summed E-state index contributed by atoms with van der Waals surface area (Å²) in [7, 11) is 1.46. The first-order chi connectivity index (χ1) is 10.5. The Morgan fingerprint density at radius 1 is 1.32 bits per heavy atom. The molecule has 0 heterocycles. The molecular formula is C17H18FNO3. The van der Waals surface area contributed by atoms with E-state index in [1.165, 1.54) is 25.3 Å². The number of ether oxygens (including phenoxy) is 1. The third-order valence-corrected chi connectivity index (χ3v) is 3.32. The first kappa shape index (κ1) is 15.8. The van der Waals surface area contributed by atoms with E-state index in [0.29, 0.717) is 16.9 Å². The van der Waals surface area contributed by atoms with Crippen molar-refractivity contribution in [3.05, 3.63) is 59.4 Å². The Balaban J connectivity index is 2.09. The molecule has 5 heteroatoms. The van der Waals surface area contributed by atoms with E-state index in [0.717, 1.165) is 0 Å². The Morgan fingerprint density at radius 2 is 2.05 bits per heavy atom. The van der Waals surface area contributed by atoms with E-state index >= 15 is 0 Å². The standard InChI is InChI=1S/C17H18FNO3/c1-11(17-14(18)7-4-8-15(17)22-2)19-16(21)10-12-5-3-6-13(20)9-12/h3-9,11,20H,10H2,1-2H3,(H,19,21)/t11-/m0/s1. The maximum atomic E-state index is 14.0. The lowest BCUT2D eigenvalue weighted by molar-refractivity contribution is -0.121. The predicted molar refractivity (Wildman–Crippen MR) is 81.3 cm³/mol. The first-order valence-electron chi connectivity index (χ1n) is 6.91. The number of methoxy groups -OCH3 is 1. The summed E-state index contributed by atoms with van der Waals surface area (Å²) in [6.07, 6.45) is 0.107. The van der Waals surface area contributed by atoms with Gasteiger partial charge in [-0.1, -0.05) is 18.2 Å². The van der Waals surface area contributed by atoms with E-state index in [1.54, 1.807) is 31.2 Å². The number of carbonyl (C=O) groups is 1. The van der Waals surface area contributed by atoms with Gasteiger partial charge in [0.1, 0.15) is 17.3 Å². The summed E-state index contributed by atoms with van der Waals surface area (Å²) in [5, 5.41) is 12.1. The number of halogens is 1. The Hall–Kier alpha value is -2.56. The molecule has 2 rings (SSSR count). The van der Waals surface area contributed by atoms with Crippen LogP contribution in [0.25, 0.3) is 0 Å². The number of carbonyl (C=O) groups excluding carboxylic acids is 1. The van der Waals surface area contributed by atoms with Gasteiger partial charge in [0.05, 0.1) is 25.1 Å². The molecule has 0 radical (unpaired) electrons. The van der Waals surface area contributed by atoms with E-state index in [-0.39, 0.29) is 18.1 Å². The maximum Gasteiger partial charge on any atom is 0.224 e. The fourth-order valence-electron chi connectivity index (χ4n) is 2.33. The van der Waals surface area contributed by atoms with Gasteiger partial charge in [-0.15, -0.1) is 0 Å². The van der Waals surface area contributed by atoms with Crippen molar-refractivity contribution < 1.29 is 19.0 Å². The number of nitrogens with one attached hydrogen (secondary N) is 1. The highest BCUT2D eigenvalue weighted by Crippen LogP contribution is 2.27. The van der Waals surface area contributed by atoms with Crippen LogP contribution in [0.1, 0.15) is 24.1 Å². The van der Waals surface area contributed by atoms with Crippen molar-refractivity contribution in [1.82, 2.24) is 5.32 Å². The molecule has 0 aliphatic carbocycles. The van der Waals surface area contributed by atoms with Gasteiger partial charge in [0.2, 0.25) is 5.91 Å². The monoisotopic (exact) mass is 303 g/mol. The van der Waals surface area contributed by atoms with E-state index in [1.807, 2.05) is 0 Å². The summed E-state index contributed by atoms with van der Waals surface area (Å²) >= 11 is 0. The molecule has 116 valence electrons. The lowest BCUT2D eigenvalue weighted by atomic mass is 10.1. The third kappa shape index (κ3) is 3.75. The van der Waals surface area contributed by atoms with Crippen LogP contribution in [0.2, 0.25) is 0 Å². The summed E-state index contributed by atoms with van der Waals surface area (Å²) in [6.45, 7) is 1.70. The fraction of sp³-hybridized carbons (Fsp3) is 0.235. The largest absolute Gasteiger partial charge is 0.508 e. The molecule has 0 aliphatic heterocycles. The third-order valence-electron chi connectivity index (χ3n) is 3.32. The molecule has 0 aliphatic rings. The van der Waals surface area contributed by atoms with Crippen molar-refractivity contribution >= 4 is 5.91 Å². The quantitative estimate of drug-likeness (QED) is 0.893. The second kappa shape index (κ2) is 6.93. The number of rotatable bonds is 5. The molecule has 0 bridgehead atoms. The van der Waals surface area contributed by atoms with Crippen molar-refractivity contribution in [2.75, 3.05) is 7.11 Å². The number of hydrogen-bond acceptors (Lipinski definition) is 3. The van der Waals surface area contributed by atoms with Crippen LogP contribution in [-0.2, 0) is 11.2 Å². The minimum atomic E-state index is -0.527. The van der Waals surface area contributed by atoms with Crippen LogP contribution >= 0.6 is 0 Å². The van der Waals surface area contributed by atoms with Gasteiger partial charge < -0.3 is 15.2 Å². The predicted octanol–water partition coefficient (Wildman–Crippen LogP) is 2.96. The van der Waals surface area contributed by atoms with Gasteiger partial charge in [0, 0.05) is 0 Å². The second-order valence-electron chi connectivity index (χ2n) is 4.99. The average Bonchev–Trinajstić information content (AvgIpc) is 2.46. The summed E-state index contributed by atoms with van der Waals surface area (Å²) in [6, 6.07) is 10.5. The highest BCUT2D eigenvalue weighted by Gasteiger charge is 2.18. The summed E-state index contributed by atoms with van der Waals surface area (Å²) < 4.78 is 19.1. The van der Waals surface area contributed by atoms with Crippen LogP contribution in [0.3, 0.4) is 0 Å². The highest BCUT2D eigenvalue weighted by molar-refractivity contribution is 5.79. The van der Waals surface area contributed by atoms with Crippen molar-refractivity contribution in [3.63, 3.8) is 0 Å². The maximum absolute atomic E-state index is 14.0. The van der Waals surface area contributed by atoms with E-state index in [2.05, 4.69) is 5.32 Å². The SMILES string of the molecule is COc1cccc(F)c1[C@H](C)NC(=O)Cc1cccc(O)c1. The molecule has 0 spiro atoms. The van der Waals surface area contributed by atoms with Crippen molar-refractivity contribution in [1.29, 1.82) is 0 Å². The number of hydrogen-bond donors (Lipinski definition) is 2. The lowest BCUT2D eigenvalue weighted by Gasteiger charge is -2.18. The second-order valence-corrected chi connectivity index (χ2v) is 4.99. The molecule has 0 saturated heterocycles. The van der Waals surface area contributed by atoms with Crippen molar-refractivity contribution in [3.8, 4) is 11.5 Å². The molecule has 0 fully saturated rings. The number of aromatic hydroxyl groups is 1. The van der Waals surface area contributed by atoms with E-state index in [4.69, 9.17) is 4.74 Å². The molecule has 22 heavy (non-hydrogen) atoms. The van der Waals surface area contributed by atoms with Crippen LogP contribution < -0.4 is 10.1 Å². The Bertz CT molecular complexity index is 673. The molecule has 4 nitrogen and oxygen atoms in total. The van der Waals surface area contributed by atoms with Gasteiger partial charge >= 0.3 is 0 Å².